The molecule has 1 aliphatic heterocycles. The van der Waals surface area contributed by atoms with E-state index in [1.807, 2.05) is 13.8 Å². The van der Waals surface area contributed by atoms with Crippen LogP contribution in [0.25, 0.3) is 0 Å². The predicted molar refractivity (Wildman–Crippen MR) is 107 cm³/mol. The number of sulfonamides is 1. The first-order chi connectivity index (χ1) is 14.4. The Hall–Kier alpha value is -1.85. The number of nitrogens with one attached hydrogen (secondary N) is 1. The average Bonchev–Trinajstić information content (AvgIpc) is 2.71. The molecule has 0 radical (unpaired) electrons. The third kappa shape index (κ3) is 6.56. The Morgan fingerprint density at radius 3 is 2.45 bits per heavy atom. The molecular formula is C19H24ClF3N2O5S. The van der Waals surface area contributed by atoms with Gasteiger partial charge in [-0.05, 0) is 44.4 Å². The van der Waals surface area contributed by atoms with Gasteiger partial charge in [-0.25, -0.2) is 8.42 Å². The summed E-state index contributed by atoms with van der Waals surface area (Å²) >= 11 is 5.55. The number of amides is 1. The first-order valence-corrected chi connectivity index (χ1v) is 11.5. The number of piperidine rings is 1. The second kappa shape index (κ2) is 10.2. The fourth-order valence-electron chi connectivity index (χ4n) is 3.04. The van der Waals surface area contributed by atoms with Crippen molar-refractivity contribution in [2.75, 3.05) is 19.7 Å². The molecule has 1 atom stereocenters. The van der Waals surface area contributed by atoms with Gasteiger partial charge in [0.05, 0.1) is 21.4 Å². The number of ether oxygens (including phenoxy) is 1. The maximum absolute atomic E-state index is 13.0. The van der Waals surface area contributed by atoms with Crippen molar-refractivity contribution >= 4 is 33.5 Å². The topological polar surface area (TPSA) is 92.8 Å². The lowest BCUT2D eigenvalue weighted by Crippen LogP contribution is -2.41. The molecule has 1 aromatic rings. The maximum atomic E-state index is 13.0. The molecule has 31 heavy (non-hydrogen) atoms. The van der Waals surface area contributed by atoms with E-state index in [-0.39, 0.29) is 32.0 Å². The van der Waals surface area contributed by atoms with Crippen molar-refractivity contribution in [3.63, 3.8) is 0 Å². The largest absolute Gasteiger partial charge is 0.455 e. The molecule has 0 saturated carbocycles. The van der Waals surface area contributed by atoms with Gasteiger partial charge in [-0.3, -0.25) is 9.59 Å². The summed E-state index contributed by atoms with van der Waals surface area (Å²) in [6, 6.07) is 2.37. The lowest BCUT2D eigenvalue weighted by molar-refractivity contribution is -0.153. The summed E-state index contributed by atoms with van der Waals surface area (Å²) in [5.74, 6) is -1.63. The van der Waals surface area contributed by atoms with Gasteiger partial charge in [0.25, 0.3) is 5.91 Å². The summed E-state index contributed by atoms with van der Waals surface area (Å²) in [7, 11) is -4.19. The van der Waals surface area contributed by atoms with Crippen LogP contribution < -0.4 is 5.32 Å². The van der Waals surface area contributed by atoms with Crippen LogP contribution in [0.5, 0.6) is 0 Å². The number of carbonyl (C=O) groups excluding carboxylic acids is 2. The SMILES string of the molecule is CCC(C)NC(=O)COC(=O)C1CCN(S(=O)(=O)c2ccc(Cl)c(C(F)(F)F)c2)CC1. The summed E-state index contributed by atoms with van der Waals surface area (Å²) in [6.07, 6.45) is -3.80. The van der Waals surface area contributed by atoms with Crippen LogP contribution in [0, 0.1) is 5.92 Å². The molecule has 0 bridgehead atoms. The summed E-state index contributed by atoms with van der Waals surface area (Å²) in [6.45, 7) is 3.16. The molecule has 1 aliphatic rings. The zero-order chi connectivity index (χ0) is 23.4. The summed E-state index contributed by atoms with van der Waals surface area (Å²) in [5, 5.41) is 2.07. The third-order valence-electron chi connectivity index (χ3n) is 5.03. The van der Waals surface area contributed by atoms with Crippen LogP contribution in [0.2, 0.25) is 5.02 Å². The summed E-state index contributed by atoms with van der Waals surface area (Å²) in [5.41, 5.74) is -1.23. The molecule has 2 rings (SSSR count). The number of rotatable bonds is 7. The van der Waals surface area contributed by atoms with E-state index >= 15 is 0 Å². The summed E-state index contributed by atoms with van der Waals surface area (Å²) < 4.78 is 70.7. The van der Waals surface area contributed by atoms with Crippen molar-refractivity contribution in [3.05, 3.63) is 28.8 Å². The van der Waals surface area contributed by atoms with E-state index in [0.29, 0.717) is 6.07 Å². The van der Waals surface area contributed by atoms with Crippen LogP contribution >= 0.6 is 11.6 Å². The molecule has 0 spiro atoms. The average molecular weight is 485 g/mol. The van der Waals surface area contributed by atoms with Crippen molar-refractivity contribution < 1.29 is 35.9 Å². The second-order valence-electron chi connectivity index (χ2n) is 7.30. The van der Waals surface area contributed by atoms with E-state index in [1.54, 1.807) is 0 Å². The van der Waals surface area contributed by atoms with E-state index < -0.39 is 56.1 Å². The van der Waals surface area contributed by atoms with Crippen molar-refractivity contribution in [1.29, 1.82) is 0 Å². The number of hydrogen-bond acceptors (Lipinski definition) is 5. The fourth-order valence-corrected chi connectivity index (χ4v) is 4.76. The van der Waals surface area contributed by atoms with Crippen LogP contribution in [0.15, 0.2) is 23.1 Å². The number of carbonyl (C=O) groups is 2. The van der Waals surface area contributed by atoms with E-state index in [1.165, 1.54) is 0 Å². The van der Waals surface area contributed by atoms with E-state index in [2.05, 4.69) is 5.32 Å². The van der Waals surface area contributed by atoms with E-state index in [0.717, 1.165) is 22.9 Å². The Morgan fingerprint density at radius 1 is 1.29 bits per heavy atom. The van der Waals surface area contributed by atoms with Gasteiger partial charge in [-0.2, -0.15) is 17.5 Å². The number of hydrogen-bond donors (Lipinski definition) is 1. The number of esters is 1. The molecule has 7 nitrogen and oxygen atoms in total. The van der Waals surface area contributed by atoms with Crippen molar-refractivity contribution in [2.45, 2.75) is 50.2 Å². The Kier molecular flexibility index (Phi) is 8.34. The molecule has 1 fully saturated rings. The molecule has 12 heteroatoms. The summed E-state index contributed by atoms with van der Waals surface area (Å²) in [4.78, 5) is 23.3. The number of nitrogens with zero attached hydrogens (tertiary/aromatic N) is 1. The maximum Gasteiger partial charge on any atom is 0.417 e. The Bertz CT molecular complexity index is 916. The highest BCUT2D eigenvalue weighted by atomic mass is 35.5. The van der Waals surface area contributed by atoms with Crippen molar-refractivity contribution in [3.8, 4) is 0 Å². The molecule has 1 unspecified atom stereocenters. The van der Waals surface area contributed by atoms with Crippen LogP contribution in [-0.4, -0.2) is 50.3 Å². The minimum atomic E-state index is -4.79. The van der Waals surface area contributed by atoms with Crippen LogP contribution in [0.4, 0.5) is 13.2 Å². The van der Waals surface area contributed by atoms with Gasteiger partial charge in [0, 0.05) is 19.1 Å². The lowest BCUT2D eigenvalue weighted by Gasteiger charge is -2.30. The van der Waals surface area contributed by atoms with Crippen LogP contribution in [0.3, 0.4) is 0 Å². The highest BCUT2D eigenvalue weighted by Gasteiger charge is 2.37. The van der Waals surface area contributed by atoms with Crippen molar-refractivity contribution in [1.82, 2.24) is 9.62 Å². The molecule has 1 aromatic carbocycles. The molecular weight excluding hydrogens is 461 g/mol. The monoisotopic (exact) mass is 484 g/mol. The second-order valence-corrected chi connectivity index (χ2v) is 9.65. The van der Waals surface area contributed by atoms with Gasteiger partial charge in [0.2, 0.25) is 10.0 Å². The zero-order valence-electron chi connectivity index (χ0n) is 17.0. The van der Waals surface area contributed by atoms with E-state index in [4.69, 9.17) is 16.3 Å². The van der Waals surface area contributed by atoms with Gasteiger partial charge in [0.15, 0.2) is 6.61 Å². The minimum Gasteiger partial charge on any atom is -0.455 e. The third-order valence-corrected chi connectivity index (χ3v) is 7.26. The fraction of sp³-hybridized carbons (Fsp3) is 0.579. The van der Waals surface area contributed by atoms with Crippen molar-refractivity contribution in [2.24, 2.45) is 5.92 Å². The molecule has 0 aromatic heterocycles. The highest BCUT2D eigenvalue weighted by Crippen LogP contribution is 2.36. The van der Waals surface area contributed by atoms with Gasteiger partial charge < -0.3 is 10.1 Å². The quantitative estimate of drug-likeness (QED) is 0.600. The van der Waals surface area contributed by atoms with E-state index in [9.17, 15) is 31.2 Å². The number of benzene rings is 1. The minimum absolute atomic E-state index is 0.0506. The smallest absolute Gasteiger partial charge is 0.417 e. The molecule has 1 saturated heterocycles. The lowest BCUT2D eigenvalue weighted by atomic mass is 9.98. The van der Waals surface area contributed by atoms with Gasteiger partial charge >= 0.3 is 12.1 Å². The molecule has 0 aliphatic carbocycles. The zero-order valence-corrected chi connectivity index (χ0v) is 18.6. The first kappa shape index (κ1) is 25.4. The number of halogens is 4. The first-order valence-electron chi connectivity index (χ1n) is 9.69. The number of alkyl halides is 3. The van der Waals surface area contributed by atoms with Crippen LogP contribution in [-0.2, 0) is 30.5 Å². The highest BCUT2D eigenvalue weighted by molar-refractivity contribution is 7.89. The predicted octanol–water partition coefficient (Wildman–Crippen LogP) is 3.22. The molecule has 1 heterocycles. The van der Waals surface area contributed by atoms with Gasteiger partial charge in [-0.1, -0.05) is 18.5 Å². The molecule has 1 amide bonds. The molecule has 1 N–H and O–H groups in total. The Balaban J connectivity index is 1.97. The van der Waals surface area contributed by atoms with Gasteiger partial charge in [0.1, 0.15) is 0 Å². The standard InChI is InChI=1S/C19H24ClF3N2O5S/c1-3-12(2)24-17(26)11-30-18(27)13-6-8-25(9-7-13)31(28,29)14-4-5-16(20)15(10-14)19(21,22)23/h4-5,10,12-13H,3,6-9,11H2,1-2H3,(H,24,26). The normalized spacial score (nSPS) is 17.2. The van der Waals surface area contributed by atoms with Gasteiger partial charge in [-0.15, -0.1) is 0 Å². The molecule has 174 valence electrons. The Morgan fingerprint density at radius 2 is 1.90 bits per heavy atom. The van der Waals surface area contributed by atoms with Crippen LogP contribution in [0.1, 0.15) is 38.7 Å². The Labute approximate surface area is 183 Å².